The summed E-state index contributed by atoms with van der Waals surface area (Å²) in [5.41, 5.74) is 5.13. The summed E-state index contributed by atoms with van der Waals surface area (Å²) in [5.74, 6) is 0.519. The number of fused-ring (bicyclic) bond motifs is 1. The van der Waals surface area contributed by atoms with Crippen molar-refractivity contribution in [2.75, 3.05) is 14.2 Å². The highest BCUT2D eigenvalue weighted by Gasteiger charge is 2.23. The molecule has 4 nitrogen and oxygen atoms in total. The highest BCUT2D eigenvalue weighted by molar-refractivity contribution is 5.90. The number of carbonyl (C=O) groups excluding carboxylic acids is 1. The standard InChI is InChI=1S/C22H25NO3/c1-22(2,3)20-18(17-10-9-16(25-4)13-19(17)23-20)12-14-7-6-8-15(11-14)21(24)26-5/h6-11,13,23H,12H2,1-5H3. The minimum Gasteiger partial charge on any atom is -0.497 e. The number of methoxy groups -OCH3 is 2. The quantitative estimate of drug-likeness (QED) is 0.684. The lowest BCUT2D eigenvalue weighted by Gasteiger charge is -2.19. The lowest BCUT2D eigenvalue weighted by Crippen LogP contribution is -2.14. The van der Waals surface area contributed by atoms with Gasteiger partial charge in [-0.15, -0.1) is 0 Å². The van der Waals surface area contributed by atoms with Gasteiger partial charge in [0.1, 0.15) is 5.75 Å². The van der Waals surface area contributed by atoms with Crippen LogP contribution >= 0.6 is 0 Å². The molecule has 3 rings (SSSR count). The van der Waals surface area contributed by atoms with Crippen molar-refractivity contribution < 1.29 is 14.3 Å². The Labute approximate surface area is 154 Å². The summed E-state index contributed by atoms with van der Waals surface area (Å²) in [4.78, 5) is 15.4. The molecule has 3 aromatic rings. The minimum atomic E-state index is -0.313. The molecule has 1 N–H and O–H groups in total. The van der Waals surface area contributed by atoms with E-state index in [0.29, 0.717) is 5.56 Å². The molecule has 0 saturated heterocycles. The Kier molecular flexibility index (Phi) is 4.77. The van der Waals surface area contributed by atoms with Crippen LogP contribution in [0.15, 0.2) is 42.5 Å². The molecule has 2 aromatic carbocycles. The largest absolute Gasteiger partial charge is 0.497 e. The molecule has 0 atom stereocenters. The van der Waals surface area contributed by atoms with E-state index < -0.39 is 0 Å². The third-order valence-corrected chi connectivity index (χ3v) is 4.59. The van der Waals surface area contributed by atoms with E-state index >= 15 is 0 Å². The third-order valence-electron chi connectivity index (χ3n) is 4.59. The van der Waals surface area contributed by atoms with Crippen LogP contribution in [0.3, 0.4) is 0 Å². The van der Waals surface area contributed by atoms with Crippen molar-refractivity contribution in [1.82, 2.24) is 4.98 Å². The van der Waals surface area contributed by atoms with Crippen LogP contribution < -0.4 is 4.74 Å². The Morgan fingerprint density at radius 1 is 1.08 bits per heavy atom. The van der Waals surface area contributed by atoms with Gasteiger partial charge in [0.2, 0.25) is 0 Å². The second kappa shape index (κ2) is 6.87. The average molecular weight is 351 g/mol. The normalized spacial score (nSPS) is 11.6. The van der Waals surface area contributed by atoms with Gasteiger partial charge < -0.3 is 14.5 Å². The van der Waals surface area contributed by atoms with Gasteiger partial charge in [0.25, 0.3) is 0 Å². The number of aromatic nitrogens is 1. The van der Waals surface area contributed by atoms with Crippen molar-refractivity contribution in [3.8, 4) is 5.75 Å². The van der Waals surface area contributed by atoms with Crippen LogP contribution in [0.25, 0.3) is 10.9 Å². The van der Waals surface area contributed by atoms with E-state index in [1.165, 1.54) is 23.8 Å². The maximum Gasteiger partial charge on any atom is 0.337 e. The number of aromatic amines is 1. The molecule has 0 aliphatic carbocycles. The monoisotopic (exact) mass is 351 g/mol. The van der Waals surface area contributed by atoms with Crippen LogP contribution in [0.5, 0.6) is 5.75 Å². The fourth-order valence-corrected chi connectivity index (χ4v) is 3.32. The Hall–Kier alpha value is -2.75. The molecule has 1 heterocycles. The molecule has 0 bridgehead atoms. The Morgan fingerprint density at radius 3 is 2.50 bits per heavy atom. The Balaban J connectivity index is 2.10. The number of esters is 1. The first-order valence-electron chi connectivity index (χ1n) is 8.70. The van der Waals surface area contributed by atoms with Gasteiger partial charge in [-0.2, -0.15) is 0 Å². The number of hydrogen-bond acceptors (Lipinski definition) is 3. The number of carbonyl (C=O) groups is 1. The summed E-state index contributed by atoms with van der Waals surface area (Å²) in [6.45, 7) is 6.59. The van der Waals surface area contributed by atoms with Crippen molar-refractivity contribution in [3.05, 3.63) is 64.8 Å². The van der Waals surface area contributed by atoms with Crippen molar-refractivity contribution in [2.45, 2.75) is 32.6 Å². The number of ether oxygens (including phenoxy) is 2. The first-order valence-corrected chi connectivity index (χ1v) is 8.70. The van der Waals surface area contributed by atoms with Gasteiger partial charge in [0.15, 0.2) is 0 Å². The van der Waals surface area contributed by atoms with Gasteiger partial charge in [-0.25, -0.2) is 4.79 Å². The number of rotatable bonds is 4. The molecule has 136 valence electrons. The Bertz CT molecular complexity index is 948. The molecule has 0 unspecified atom stereocenters. The zero-order valence-electron chi connectivity index (χ0n) is 16.0. The van der Waals surface area contributed by atoms with Gasteiger partial charge in [0.05, 0.1) is 19.8 Å². The molecular weight excluding hydrogens is 326 g/mol. The topological polar surface area (TPSA) is 51.3 Å². The first-order chi connectivity index (χ1) is 12.3. The second-order valence-electron chi connectivity index (χ2n) is 7.51. The van der Waals surface area contributed by atoms with E-state index in [2.05, 4.69) is 31.8 Å². The molecule has 0 amide bonds. The van der Waals surface area contributed by atoms with E-state index in [1.54, 1.807) is 13.2 Å². The third kappa shape index (κ3) is 3.45. The number of hydrogen-bond donors (Lipinski definition) is 1. The van der Waals surface area contributed by atoms with E-state index in [0.717, 1.165) is 23.3 Å². The van der Waals surface area contributed by atoms with Gasteiger partial charge in [0, 0.05) is 28.1 Å². The average Bonchev–Trinajstić information content (AvgIpc) is 2.99. The molecule has 0 aliphatic heterocycles. The van der Waals surface area contributed by atoms with E-state index in [-0.39, 0.29) is 11.4 Å². The van der Waals surface area contributed by atoms with Crippen LogP contribution in [0, 0.1) is 0 Å². The summed E-state index contributed by atoms with van der Waals surface area (Å²) >= 11 is 0. The van der Waals surface area contributed by atoms with Gasteiger partial charge in [-0.3, -0.25) is 0 Å². The molecule has 4 heteroatoms. The maximum atomic E-state index is 11.8. The smallest absolute Gasteiger partial charge is 0.337 e. The van der Waals surface area contributed by atoms with Crippen molar-refractivity contribution in [3.63, 3.8) is 0 Å². The van der Waals surface area contributed by atoms with Crippen molar-refractivity contribution >= 4 is 16.9 Å². The molecule has 0 aliphatic rings. The molecule has 0 spiro atoms. The highest BCUT2D eigenvalue weighted by atomic mass is 16.5. The second-order valence-corrected chi connectivity index (χ2v) is 7.51. The Morgan fingerprint density at radius 2 is 1.85 bits per heavy atom. The van der Waals surface area contributed by atoms with Crippen LogP contribution in [-0.2, 0) is 16.6 Å². The zero-order chi connectivity index (χ0) is 18.9. The predicted molar refractivity (Wildman–Crippen MR) is 104 cm³/mol. The lowest BCUT2D eigenvalue weighted by atomic mass is 9.86. The van der Waals surface area contributed by atoms with Crippen LogP contribution in [-0.4, -0.2) is 25.2 Å². The maximum absolute atomic E-state index is 11.8. The summed E-state index contributed by atoms with van der Waals surface area (Å²) in [7, 11) is 3.08. The van der Waals surface area contributed by atoms with Gasteiger partial charge in [-0.05, 0) is 41.8 Å². The van der Waals surface area contributed by atoms with E-state index in [1.807, 2.05) is 30.3 Å². The van der Waals surface area contributed by atoms with Gasteiger partial charge >= 0.3 is 5.97 Å². The molecule has 26 heavy (non-hydrogen) atoms. The zero-order valence-corrected chi connectivity index (χ0v) is 16.0. The minimum absolute atomic E-state index is 0.0262. The summed E-state index contributed by atoms with van der Waals surface area (Å²) in [6.07, 6.45) is 0.740. The van der Waals surface area contributed by atoms with Crippen LogP contribution in [0.1, 0.15) is 48.0 Å². The number of benzene rings is 2. The summed E-state index contributed by atoms with van der Waals surface area (Å²) < 4.78 is 10.2. The van der Waals surface area contributed by atoms with Crippen LogP contribution in [0.2, 0.25) is 0 Å². The highest BCUT2D eigenvalue weighted by Crippen LogP contribution is 2.34. The number of H-pyrrole nitrogens is 1. The predicted octanol–water partition coefficient (Wildman–Crippen LogP) is 4.85. The van der Waals surface area contributed by atoms with E-state index in [9.17, 15) is 4.79 Å². The molecule has 0 saturated carbocycles. The fourth-order valence-electron chi connectivity index (χ4n) is 3.32. The fraction of sp³-hybridized carbons (Fsp3) is 0.318. The molecule has 0 radical (unpaired) electrons. The summed E-state index contributed by atoms with van der Waals surface area (Å²) in [5, 5.41) is 1.18. The molecule has 0 fully saturated rings. The van der Waals surface area contributed by atoms with Gasteiger partial charge in [-0.1, -0.05) is 32.9 Å². The molecule has 1 aromatic heterocycles. The van der Waals surface area contributed by atoms with Crippen molar-refractivity contribution in [1.29, 1.82) is 0 Å². The number of nitrogens with one attached hydrogen (secondary N) is 1. The van der Waals surface area contributed by atoms with E-state index in [4.69, 9.17) is 9.47 Å². The SMILES string of the molecule is COC(=O)c1cccc(Cc2c(C(C)(C)C)[nH]c3cc(OC)ccc23)c1. The summed E-state index contributed by atoms with van der Waals surface area (Å²) in [6, 6.07) is 13.7. The van der Waals surface area contributed by atoms with Crippen LogP contribution in [0.4, 0.5) is 0 Å². The van der Waals surface area contributed by atoms with Crippen molar-refractivity contribution in [2.24, 2.45) is 0 Å². The lowest BCUT2D eigenvalue weighted by molar-refractivity contribution is 0.0600. The first kappa shape index (κ1) is 18.1. The molecular formula is C22H25NO3.